The number of halogens is 5. The zero-order valence-electron chi connectivity index (χ0n) is 17.2. The highest BCUT2D eigenvalue weighted by molar-refractivity contribution is 7.99. The van der Waals surface area contributed by atoms with Gasteiger partial charge >= 0.3 is 0 Å². The molecule has 28 heavy (non-hydrogen) atoms. The lowest BCUT2D eigenvalue weighted by molar-refractivity contribution is 0.254. The van der Waals surface area contributed by atoms with Crippen LogP contribution in [0.5, 0.6) is 0 Å². The monoisotopic (exact) mass is 432 g/mol. The Morgan fingerprint density at radius 2 is 1.18 bits per heavy atom. The van der Waals surface area contributed by atoms with Crippen LogP contribution in [0.25, 0.3) is 0 Å². The van der Waals surface area contributed by atoms with Gasteiger partial charge in [0, 0.05) is 4.90 Å². The zero-order chi connectivity index (χ0) is 16.2. The summed E-state index contributed by atoms with van der Waals surface area (Å²) in [4.78, 5) is 1.43. The van der Waals surface area contributed by atoms with Gasteiger partial charge in [-0.2, -0.15) is 0 Å². The summed E-state index contributed by atoms with van der Waals surface area (Å²) in [5.41, 5.74) is 0. The van der Waals surface area contributed by atoms with Crippen molar-refractivity contribution in [2.45, 2.75) is 88.9 Å². The molecule has 0 aliphatic heterocycles. The fourth-order valence-electron chi connectivity index (χ4n) is 3.88. The van der Waals surface area contributed by atoms with E-state index in [2.05, 4.69) is 37.3 Å². The van der Waals surface area contributed by atoms with Crippen LogP contribution >= 0.6 is 11.8 Å². The fourth-order valence-corrected chi connectivity index (χ4v) is 4.92. The third-order valence-electron chi connectivity index (χ3n) is 5.47. The Labute approximate surface area is 172 Å². The van der Waals surface area contributed by atoms with E-state index < -0.39 is 0 Å². The molecule has 1 aliphatic rings. The predicted octanol–water partition coefficient (Wildman–Crippen LogP) is 8.49. The summed E-state index contributed by atoms with van der Waals surface area (Å²) in [6.45, 7) is 2.30. The van der Waals surface area contributed by atoms with E-state index in [-0.39, 0.29) is 23.5 Å². The number of hydrogen-bond donors (Lipinski definition) is 0. The van der Waals surface area contributed by atoms with Gasteiger partial charge in [0.15, 0.2) is 0 Å². The van der Waals surface area contributed by atoms with Crippen molar-refractivity contribution in [3.63, 3.8) is 0 Å². The van der Waals surface area contributed by atoms with Crippen molar-refractivity contribution < 1.29 is 23.5 Å². The highest BCUT2D eigenvalue weighted by atomic mass is 32.2. The summed E-state index contributed by atoms with van der Waals surface area (Å²) in [5.74, 6) is 3.36. The molecule has 0 heterocycles. The molecule has 0 aromatic heterocycles. The van der Waals surface area contributed by atoms with Crippen molar-refractivity contribution in [2.24, 2.45) is 11.8 Å². The van der Waals surface area contributed by atoms with Crippen molar-refractivity contribution in [2.75, 3.05) is 5.75 Å². The van der Waals surface area contributed by atoms with Crippen LogP contribution in [0, 0.1) is 11.8 Å². The van der Waals surface area contributed by atoms with E-state index in [9.17, 15) is 0 Å². The minimum absolute atomic E-state index is 0. The van der Waals surface area contributed by atoms with Gasteiger partial charge in [-0.15, -0.1) is 11.8 Å². The maximum Gasteiger partial charge on any atom is 0.00719 e. The Morgan fingerprint density at radius 1 is 0.679 bits per heavy atom. The highest BCUT2D eigenvalue weighted by Crippen LogP contribution is 2.34. The molecule has 1 saturated carbocycles. The van der Waals surface area contributed by atoms with Gasteiger partial charge < -0.3 is 0 Å². The Balaban J connectivity index is -0.000000576. The second kappa shape index (κ2) is 22.5. The molecule has 0 atom stereocenters. The third-order valence-corrected chi connectivity index (χ3v) is 6.52. The molecule has 0 nitrogen and oxygen atoms in total. The number of unbranched alkanes of at least 4 members (excludes halogenated alkanes) is 5. The molecule has 0 radical (unpaired) electrons. The maximum atomic E-state index is 2.30. The highest BCUT2D eigenvalue weighted by Gasteiger charge is 2.20. The maximum absolute atomic E-state index is 2.30. The van der Waals surface area contributed by atoms with Crippen LogP contribution in [0.15, 0.2) is 35.2 Å². The Kier molecular flexibility index (Phi) is 27.9. The molecule has 0 bridgehead atoms. The first-order valence-corrected chi connectivity index (χ1v) is 11.0. The van der Waals surface area contributed by atoms with Crippen molar-refractivity contribution in [3.8, 4) is 0 Å². The Hall–Kier alpha value is -0.780. The first kappa shape index (κ1) is 34.7. The van der Waals surface area contributed by atoms with Gasteiger partial charge in [-0.1, -0.05) is 95.8 Å². The molecule has 1 aromatic carbocycles. The lowest BCUT2D eigenvalue weighted by atomic mass is 9.79. The molecular formula is C22H41F5S. The standard InChI is InChI=1S/C22H36S.5FH/c1-2-3-4-5-6-8-11-20-14-16-21(17-15-20)18-19-23-22-12-9-7-10-13-22;;;;;/h7,9-10,12-13,20-21H,2-6,8,11,14-19H2,1H3;5*1H. The Bertz CT molecular complexity index is 397. The second-order valence-electron chi connectivity index (χ2n) is 7.39. The third kappa shape index (κ3) is 15.2. The predicted molar refractivity (Wildman–Crippen MR) is 118 cm³/mol. The van der Waals surface area contributed by atoms with Crippen LogP contribution in [-0.2, 0) is 0 Å². The van der Waals surface area contributed by atoms with Gasteiger partial charge in [0.05, 0.1) is 0 Å². The van der Waals surface area contributed by atoms with E-state index in [0.29, 0.717) is 0 Å². The van der Waals surface area contributed by atoms with E-state index in [1.54, 1.807) is 0 Å². The van der Waals surface area contributed by atoms with Crippen molar-refractivity contribution in [1.82, 2.24) is 0 Å². The summed E-state index contributed by atoms with van der Waals surface area (Å²) in [5, 5.41) is 0. The number of hydrogen-bond acceptors (Lipinski definition) is 1. The lowest BCUT2D eigenvalue weighted by Crippen LogP contribution is -2.15. The van der Waals surface area contributed by atoms with Crippen molar-refractivity contribution in [3.05, 3.63) is 30.3 Å². The van der Waals surface area contributed by atoms with Gasteiger partial charge in [-0.25, -0.2) is 0 Å². The smallest absolute Gasteiger partial charge is 0.00719 e. The van der Waals surface area contributed by atoms with Gasteiger partial charge in [0.1, 0.15) is 0 Å². The van der Waals surface area contributed by atoms with E-state index in [1.165, 1.54) is 87.7 Å². The largest absolute Gasteiger partial charge is 0.269 e. The molecule has 6 heteroatoms. The number of rotatable bonds is 11. The second-order valence-corrected chi connectivity index (χ2v) is 8.56. The molecule has 0 amide bonds. The normalized spacial score (nSPS) is 17.6. The molecule has 2 rings (SSSR count). The zero-order valence-corrected chi connectivity index (χ0v) is 18.0. The van der Waals surface area contributed by atoms with Crippen molar-refractivity contribution >= 4 is 11.8 Å². The lowest BCUT2D eigenvalue weighted by Gasteiger charge is -2.28. The SMILES string of the molecule is CCCCCCCCC1CCC(CCSc2ccccc2)CC1.F.F.F.F.F. The first-order valence-electron chi connectivity index (χ1n) is 10.1. The molecular weight excluding hydrogens is 391 g/mol. The summed E-state index contributed by atoms with van der Waals surface area (Å²) in [6.07, 6.45) is 17.6. The van der Waals surface area contributed by atoms with Gasteiger partial charge in [-0.3, -0.25) is 23.5 Å². The van der Waals surface area contributed by atoms with E-state index >= 15 is 0 Å². The molecule has 0 spiro atoms. The minimum Gasteiger partial charge on any atom is -0.269 e. The average Bonchev–Trinajstić information content (AvgIpc) is 2.60. The van der Waals surface area contributed by atoms with Crippen molar-refractivity contribution in [1.29, 1.82) is 0 Å². The summed E-state index contributed by atoms with van der Waals surface area (Å²) in [7, 11) is 0. The van der Waals surface area contributed by atoms with Crippen LogP contribution < -0.4 is 0 Å². The topological polar surface area (TPSA) is 0 Å². The fraction of sp³-hybridized carbons (Fsp3) is 0.727. The van der Waals surface area contributed by atoms with Crippen LogP contribution in [-0.4, -0.2) is 5.75 Å². The Morgan fingerprint density at radius 3 is 1.75 bits per heavy atom. The minimum atomic E-state index is 0. The van der Waals surface area contributed by atoms with Crippen LogP contribution in [0.1, 0.15) is 84.0 Å². The number of benzene rings is 1. The molecule has 1 aromatic rings. The van der Waals surface area contributed by atoms with Crippen LogP contribution in [0.4, 0.5) is 23.5 Å². The van der Waals surface area contributed by atoms with Gasteiger partial charge in [0.2, 0.25) is 0 Å². The molecule has 1 fully saturated rings. The summed E-state index contributed by atoms with van der Waals surface area (Å²) >= 11 is 2.04. The summed E-state index contributed by atoms with van der Waals surface area (Å²) < 4.78 is 0. The summed E-state index contributed by atoms with van der Waals surface area (Å²) in [6, 6.07) is 10.9. The molecule has 170 valence electrons. The molecule has 1 aliphatic carbocycles. The quantitative estimate of drug-likeness (QED) is 0.192. The molecule has 0 saturated heterocycles. The van der Waals surface area contributed by atoms with Crippen LogP contribution in [0.2, 0.25) is 0 Å². The molecule has 0 N–H and O–H groups in total. The molecule has 0 unspecified atom stereocenters. The average molecular weight is 433 g/mol. The van der Waals surface area contributed by atoms with Crippen LogP contribution in [0.3, 0.4) is 0 Å². The first-order chi connectivity index (χ1) is 11.4. The van der Waals surface area contributed by atoms with E-state index in [1.807, 2.05) is 11.8 Å². The van der Waals surface area contributed by atoms with E-state index in [0.717, 1.165) is 11.8 Å². The van der Waals surface area contributed by atoms with Gasteiger partial charge in [-0.05, 0) is 36.1 Å². The number of thioether (sulfide) groups is 1. The van der Waals surface area contributed by atoms with E-state index in [4.69, 9.17) is 0 Å². The van der Waals surface area contributed by atoms with Gasteiger partial charge in [0.25, 0.3) is 0 Å².